The van der Waals surface area contributed by atoms with Gasteiger partial charge in [0.25, 0.3) is 0 Å². The van der Waals surface area contributed by atoms with E-state index in [1.54, 1.807) is 28.7 Å². The van der Waals surface area contributed by atoms with Gasteiger partial charge < -0.3 is 5.32 Å². The van der Waals surface area contributed by atoms with E-state index in [1.165, 1.54) is 15.8 Å². The molecule has 1 N–H and O–H groups in total. The first-order valence-corrected chi connectivity index (χ1v) is 8.57. The fourth-order valence-electron chi connectivity index (χ4n) is 2.29. The minimum absolute atomic E-state index is 0.166. The van der Waals surface area contributed by atoms with Gasteiger partial charge in [-0.25, -0.2) is 4.39 Å². The molecule has 0 amide bonds. The lowest BCUT2D eigenvalue weighted by atomic mass is 10.1. The molecule has 1 aromatic carbocycles. The minimum atomic E-state index is -0.166. The van der Waals surface area contributed by atoms with Gasteiger partial charge in [0, 0.05) is 27.4 Å². The van der Waals surface area contributed by atoms with Crippen molar-refractivity contribution in [2.75, 3.05) is 5.32 Å². The van der Waals surface area contributed by atoms with Crippen LogP contribution in [-0.2, 0) is 6.42 Å². The molecule has 2 heterocycles. The first kappa shape index (κ1) is 14.3. The molecule has 0 aliphatic heterocycles. The third-order valence-electron chi connectivity index (χ3n) is 3.47. The Morgan fingerprint density at radius 2 is 1.86 bits per heavy atom. The topological polar surface area (TPSA) is 12.0 Å². The molecule has 0 spiro atoms. The molecule has 3 aromatic rings. The zero-order valence-electron chi connectivity index (χ0n) is 11.7. The van der Waals surface area contributed by atoms with Crippen LogP contribution >= 0.6 is 22.7 Å². The predicted octanol–water partition coefficient (Wildman–Crippen LogP) is 5.65. The summed E-state index contributed by atoms with van der Waals surface area (Å²) >= 11 is 3.49. The lowest BCUT2D eigenvalue weighted by Crippen LogP contribution is -2.13. The van der Waals surface area contributed by atoms with Gasteiger partial charge in [-0.2, -0.15) is 0 Å². The Hall–Kier alpha value is -1.65. The van der Waals surface area contributed by atoms with E-state index in [0.717, 1.165) is 12.1 Å². The van der Waals surface area contributed by atoms with Gasteiger partial charge in [-0.1, -0.05) is 18.2 Å². The smallest absolute Gasteiger partial charge is 0.128 e. The van der Waals surface area contributed by atoms with E-state index in [0.29, 0.717) is 5.56 Å². The Bertz CT molecular complexity index is 690. The molecule has 0 radical (unpaired) electrons. The maximum atomic E-state index is 13.7. The maximum absolute atomic E-state index is 13.7. The third-order valence-corrected chi connectivity index (χ3v) is 5.35. The maximum Gasteiger partial charge on any atom is 0.128 e. The van der Waals surface area contributed by atoms with Crippen LogP contribution in [0.15, 0.2) is 53.2 Å². The Morgan fingerprint density at radius 3 is 2.57 bits per heavy atom. The van der Waals surface area contributed by atoms with Crippen molar-refractivity contribution in [2.24, 2.45) is 0 Å². The van der Waals surface area contributed by atoms with Crippen molar-refractivity contribution in [2.45, 2.75) is 19.4 Å². The van der Waals surface area contributed by atoms with E-state index < -0.39 is 0 Å². The summed E-state index contributed by atoms with van der Waals surface area (Å²) in [4.78, 5) is 2.60. The van der Waals surface area contributed by atoms with Crippen molar-refractivity contribution < 1.29 is 4.39 Å². The molecule has 1 atom stereocenters. The predicted molar refractivity (Wildman–Crippen MR) is 89.8 cm³/mol. The highest BCUT2D eigenvalue weighted by Gasteiger charge is 2.15. The molecule has 108 valence electrons. The van der Waals surface area contributed by atoms with Crippen LogP contribution in [0.2, 0.25) is 0 Å². The van der Waals surface area contributed by atoms with Gasteiger partial charge in [-0.05, 0) is 41.9 Å². The van der Waals surface area contributed by atoms with Gasteiger partial charge in [0.1, 0.15) is 5.82 Å². The number of anilines is 1. The first-order valence-electron chi connectivity index (χ1n) is 6.81. The molecule has 4 heteroatoms. The van der Waals surface area contributed by atoms with Crippen LogP contribution in [0.25, 0.3) is 0 Å². The summed E-state index contributed by atoms with van der Waals surface area (Å²) in [6.45, 7) is 1.81. The van der Waals surface area contributed by atoms with Gasteiger partial charge in [-0.15, -0.1) is 22.7 Å². The Balaban J connectivity index is 1.87. The number of hydrogen-bond donors (Lipinski definition) is 1. The molecule has 2 aromatic heterocycles. The fourth-order valence-corrected chi connectivity index (χ4v) is 3.82. The van der Waals surface area contributed by atoms with Gasteiger partial charge in [0.05, 0.1) is 6.04 Å². The third kappa shape index (κ3) is 3.34. The molecule has 1 nitrogen and oxygen atoms in total. The molecule has 21 heavy (non-hydrogen) atoms. The summed E-state index contributed by atoms with van der Waals surface area (Å²) in [5.74, 6) is -0.166. The minimum Gasteiger partial charge on any atom is -0.377 e. The molecule has 0 fully saturated rings. The lowest BCUT2D eigenvalue weighted by Gasteiger charge is -2.20. The van der Waals surface area contributed by atoms with E-state index in [4.69, 9.17) is 0 Å². The summed E-state index contributed by atoms with van der Waals surface area (Å²) in [6.07, 6.45) is 0.911. The molecule has 0 aliphatic carbocycles. The molecular weight excluding hydrogens is 301 g/mol. The van der Waals surface area contributed by atoms with E-state index in [2.05, 4.69) is 40.3 Å². The van der Waals surface area contributed by atoms with Gasteiger partial charge in [-0.3, -0.25) is 0 Å². The summed E-state index contributed by atoms with van der Waals surface area (Å²) in [7, 11) is 0. The number of rotatable bonds is 5. The molecule has 0 aliphatic rings. The molecule has 3 rings (SSSR count). The lowest BCUT2D eigenvalue weighted by molar-refractivity contribution is 0.618. The highest BCUT2D eigenvalue weighted by molar-refractivity contribution is 7.10. The largest absolute Gasteiger partial charge is 0.377 e. The summed E-state index contributed by atoms with van der Waals surface area (Å²) in [5.41, 5.74) is 1.54. The first-order chi connectivity index (χ1) is 10.2. The van der Waals surface area contributed by atoms with Gasteiger partial charge in [0.2, 0.25) is 0 Å². The average Bonchev–Trinajstić information content (AvgIpc) is 3.16. The van der Waals surface area contributed by atoms with Crippen LogP contribution in [-0.4, -0.2) is 0 Å². The van der Waals surface area contributed by atoms with E-state index in [1.807, 2.05) is 13.0 Å². The van der Waals surface area contributed by atoms with Crippen molar-refractivity contribution in [1.29, 1.82) is 0 Å². The highest BCUT2D eigenvalue weighted by atomic mass is 32.1. The molecule has 0 saturated carbocycles. The Kier molecular flexibility index (Phi) is 4.36. The van der Waals surface area contributed by atoms with Crippen molar-refractivity contribution >= 4 is 28.4 Å². The van der Waals surface area contributed by atoms with Gasteiger partial charge >= 0.3 is 0 Å². The fraction of sp³-hybridized carbons (Fsp3) is 0.176. The monoisotopic (exact) mass is 317 g/mol. The molecule has 1 unspecified atom stereocenters. The second kappa shape index (κ2) is 6.41. The summed E-state index contributed by atoms with van der Waals surface area (Å²) < 4.78 is 13.7. The number of thiophene rings is 2. The van der Waals surface area contributed by atoms with Crippen molar-refractivity contribution in [1.82, 2.24) is 0 Å². The van der Waals surface area contributed by atoms with Crippen molar-refractivity contribution in [3.8, 4) is 0 Å². The standard InChI is InChI=1S/C17H16FNS2/c1-12-14(18)6-2-7-15(12)19-16(17-8-4-10-21-17)11-13-5-3-9-20-13/h2-10,16,19H,11H2,1H3. The van der Waals surface area contributed by atoms with E-state index in [-0.39, 0.29) is 11.9 Å². The summed E-state index contributed by atoms with van der Waals surface area (Å²) in [5, 5.41) is 7.68. The SMILES string of the molecule is Cc1c(F)cccc1NC(Cc1cccs1)c1cccs1. The van der Waals surface area contributed by atoms with Crippen LogP contribution < -0.4 is 5.32 Å². The zero-order valence-corrected chi connectivity index (χ0v) is 13.3. The van der Waals surface area contributed by atoms with Crippen LogP contribution in [0, 0.1) is 12.7 Å². The zero-order chi connectivity index (χ0) is 14.7. The van der Waals surface area contributed by atoms with E-state index in [9.17, 15) is 4.39 Å². The summed E-state index contributed by atoms with van der Waals surface area (Å²) in [6, 6.07) is 13.8. The second-order valence-electron chi connectivity index (χ2n) is 4.91. The van der Waals surface area contributed by atoms with Crippen molar-refractivity contribution in [3.63, 3.8) is 0 Å². The normalized spacial score (nSPS) is 12.3. The molecule has 0 bridgehead atoms. The van der Waals surface area contributed by atoms with Crippen LogP contribution in [0.3, 0.4) is 0 Å². The number of benzene rings is 1. The van der Waals surface area contributed by atoms with Crippen molar-refractivity contribution in [3.05, 3.63) is 74.4 Å². The number of hydrogen-bond acceptors (Lipinski definition) is 3. The second-order valence-corrected chi connectivity index (χ2v) is 6.92. The number of halogens is 1. The molecular formula is C17H16FNS2. The van der Waals surface area contributed by atoms with Crippen LogP contribution in [0.5, 0.6) is 0 Å². The average molecular weight is 317 g/mol. The number of nitrogens with one attached hydrogen (secondary N) is 1. The Morgan fingerprint density at radius 1 is 1.05 bits per heavy atom. The van der Waals surface area contributed by atoms with E-state index >= 15 is 0 Å². The van der Waals surface area contributed by atoms with Crippen LogP contribution in [0.4, 0.5) is 10.1 Å². The molecule has 0 saturated heterocycles. The van der Waals surface area contributed by atoms with Crippen LogP contribution in [0.1, 0.15) is 21.4 Å². The Labute approximate surface area is 132 Å². The highest BCUT2D eigenvalue weighted by Crippen LogP contribution is 2.30. The quantitative estimate of drug-likeness (QED) is 0.641. The van der Waals surface area contributed by atoms with Gasteiger partial charge in [0.15, 0.2) is 0 Å².